The van der Waals surface area contributed by atoms with Crippen LogP contribution in [0.5, 0.6) is 0 Å². The van der Waals surface area contributed by atoms with Crippen LogP contribution in [0.2, 0.25) is 0 Å². The third-order valence-corrected chi connectivity index (χ3v) is 4.11. The molecule has 0 bridgehead atoms. The summed E-state index contributed by atoms with van der Waals surface area (Å²) in [6.45, 7) is 8.06. The maximum Gasteiger partial charge on any atom is 0.0594 e. The zero-order valence-corrected chi connectivity index (χ0v) is 12.1. The summed E-state index contributed by atoms with van der Waals surface area (Å²) < 4.78 is 5.40. The third kappa shape index (κ3) is 3.03. The average molecular weight is 273 g/mol. The second-order valence-electron chi connectivity index (χ2n) is 5.48. The summed E-state index contributed by atoms with van der Waals surface area (Å²) in [5.41, 5.74) is 2.57. The van der Waals surface area contributed by atoms with E-state index in [4.69, 9.17) is 4.74 Å². The van der Waals surface area contributed by atoms with Gasteiger partial charge in [-0.1, -0.05) is 12.1 Å². The second-order valence-corrected chi connectivity index (χ2v) is 5.48. The number of benzene rings is 1. The molecule has 1 atom stereocenters. The lowest BCUT2D eigenvalue weighted by Crippen LogP contribution is -2.46. The molecular formula is C16H23N3O. The highest BCUT2D eigenvalue weighted by Gasteiger charge is 2.16. The van der Waals surface area contributed by atoms with Gasteiger partial charge in [0.15, 0.2) is 0 Å². The fourth-order valence-corrected chi connectivity index (χ4v) is 2.87. The highest BCUT2D eigenvalue weighted by Crippen LogP contribution is 2.17. The van der Waals surface area contributed by atoms with E-state index < -0.39 is 0 Å². The number of ether oxygens (including phenoxy) is 1. The monoisotopic (exact) mass is 273 g/mol. The minimum absolute atomic E-state index is 0.560. The zero-order chi connectivity index (χ0) is 13.8. The van der Waals surface area contributed by atoms with E-state index in [1.807, 2.05) is 6.20 Å². The molecule has 1 saturated heterocycles. The van der Waals surface area contributed by atoms with Gasteiger partial charge >= 0.3 is 0 Å². The molecule has 0 aliphatic carbocycles. The van der Waals surface area contributed by atoms with E-state index in [1.165, 1.54) is 16.5 Å². The fraction of sp³-hybridized carbons (Fsp3) is 0.500. The summed E-state index contributed by atoms with van der Waals surface area (Å²) in [4.78, 5) is 5.75. The molecule has 1 aromatic heterocycles. The molecular weight excluding hydrogens is 250 g/mol. The predicted octanol–water partition coefficient (Wildman–Crippen LogP) is 1.98. The van der Waals surface area contributed by atoms with Gasteiger partial charge in [-0.15, -0.1) is 0 Å². The SMILES string of the molecule is C[C@H](CNCc1cccc2[nH]ccc12)N1CCOCC1. The van der Waals surface area contributed by atoms with Crippen molar-refractivity contribution >= 4 is 10.9 Å². The summed E-state index contributed by atoms with van der Waals surface area (Å²) in [5, 5.41) is 4.90. The highest BCUT2D eigenvalue weighted by molar-refractivity contribution is 5.82. The maximum atomic E-state index is 5.40. The molecule has 2 heterocycles. The van der Waals surface area contributed by atoms with Gasteiger partial charge in [0.1, 0.15) is 0 Å². The van der Waals surface area contributed by atoms with Crippen LogP contribution in [0.1, 0.15) is 12.5 Å². The van der Waals surface area contributed by atoms with Crippen LogP contribution in [-0.2, 0) is 11.3 Å². The van der Waals surface area contributed by atoms with Gasteiger partial charge in [-0.25, -0.2) is 0 Å². The topological polar surface area (TPSA) is 40.3 Å². The Morgan fingerprint density at radius 3 is 3.00 bits per heavy atom. The molecule has 2 N–H and O–H groups in total. The molecule has 0 amide bonds. The number of nitrogens with zero attached hydrogens (tertiary/aromatic N) is 1. The van der Waals surface area contributed by atoms with Crippen molar-refractivity contribution in [3.8, 4) is 0 Å². The van der Waals surface area contributed by atoms with Crippen molar-refractivity contribution in [1.29, 1.82) is 0 Å². The van der Waals surface area contributed by atoms with E-state index >= 15 is 0 Å². The molecule has 0 unspecified atom stereocenters. The first kappa shape index (κ1) is 13.6. The number of aromatic amines is 1. The van der Waals surface area contributed by atoms with Crippen molar-refractivity contribution in [2.75, 3.05) is 32.8 Å². The number of nitrogens with one attached hydrogen (secondary N) is 2. The fourth-order valence-electron chi connectivity index (χ4n) is 2.87. The maximum absolute atomic E-state index is 5.40. The third-order valence-electron chi connectivity index (χ3n) is 4.11. The highest BCUT2D eigenvalue weighted by atomic mass is 16.5. The summed E-state index contributed by atoms with van der Waals surface area (Å²) in [7, 11) is 0. The van der Waals surface area contributed by atoms with Gasteiger partial charge in [-0.2, -0.15) is 0 Å². The molecule has 20 heavy (non-hydrogen) atoms. The van der Waals surface area contributed by atoms with Crippen LogP contribution in [0.4, 0.5) is 0 Å². The Morgan fingerprint density at radius 2 is 2.15 bits per heavy atom. The minimum atomic E-state index is 0.560. The number of hydrogen-bond donors (Lipinski definition) is 2. The van der Waals surface area contributed by atoms with Gasteiger partial charge in [0.2, 0.25) is 0 Å². The van der Waals surface area contributed by atoms with E-state index in [0.717, 1.165) is 39.4 Å². The average Bonchev–Trinajstić information content (AvgIpc) is 2.97. The molecule has 1 aromatic carbocycles. The molecule has 1 fully saturated rings. The predicted molar refractivity (Wildman–Crippen MR) is 81.9 cm³/mol. The lowest BCUT2D eigenvalue weighted by Gasteiger charge is -2.32. The summed E-state index contributed by atoms with van der Waals surface area (Å²) in [6.07, 6.45) is 2.00. The summed E-state index contributed by atoms with van der Waals surface area (Å²) in [6, 6.07) is 9.14. The Hall–Kier alpha value is -1.36. The minimum Gasteiger partial charge on any atom is -0.379 e. The number of morpholine rings is 1. The number of H-pyrrole nitrogens is 1. The lowest BCUT2D eigenvalue weighted by molar-refractivity contribution is 0.0203. The number of rotatable bonds is 5. The molecule has 2 aromatic rings. The first-order chi connectivity index (χ1) is 9.84. The molecule has 0 spiro atoms. The van der Waals surface area contributed by atoms with Crippen molar-refractivity contribution in [2.24, 2.45) is 0 Å². The Kier molecular flexibility index (Phi) is 4.35. The molecule has 0 radical (unpaired) electrons. The van der Waals surface area contributed by atoms with E-state index in [9.17, 15) is 0 Å². The smallest absolute Gasteiger partial charge is 0.0594 e. The van der Waals surface area contributed by atoms with Crippen LogP contribution in [-0.4, -0.2) is 48.8 Å². The molecule has 3 rings (SSSR count). The quantitative estimate of drug-likeness (QED) is 0.875. The van der Waals surface area contributed by atoms with Crippen LogP contribution in [0.3, 0.4) is 0 Å². The standard InChI is InChI=1S/C16H23N3O/c1-13(19-7-9-20-10-8-19)11-17-12-14-3-2-4-16-15(14)5-6-18-16/h2-6,13,17-18H,7-12H2,1H3/t13-/m1/s1. The van der Waals surface area contributed by atoms with Crippen molar-refractivity contribution in [2.45, 2.75) is 19.5 Å². The van der Waals surface area contributed by atoms with Gasteiger partial charge in [0.25, 0.3) is 0 Å². The largest absolute Gasteiger partial charge is 0.379 e. The molecule has 4 heteroatoms. The second kappa shape index (κ2) is 6.39. The first-order valence-corrected chi connectivity index (χ1v) is 7.42. The molecule has 1 aliphatic rings. The lowest BCUT2D eigenvalue weighted by atomic mass is 10.1. The van der Waals surface area contributed by atoms with Crippen LogP contribution in [0, 0.1) is 0 Å². The molecule has 0 saturated carbocycles. The van der Waals surface area contributed by atoms with Crippen LogP contribution in [0.25, 0.3) is 10.9 Å². The van der Waals surface area contributed by atoms with Crippen molar-refractivity contribution in [3.05, 3.63) is 36.0 Å². The van der Waals surface area contributed by atoms with Gasteiger partial charge in [0, 0.05) is 49.3 Å². The van der Waals surface area contributed by atoms with Crippen molar-refractivity contribution in [1.82, 2.24) is 15.2 Å². The van der Waals surface area contributed by atoms with Crippen LogP contribution in [0.15, 0.2) is 30.5 Å². The summed E-state index contributed by atoms with van der Waals surface area (Å²) in [5.74, 6) is 0. The first-order valence-electron chi connectivity index (χ1n) is 7.42. The Bertz CT molecular complexity index is 545. The summed E-state index contributed by atoms with van der Waals surface area (Å²) >= 11 is 0. The van der Waals surface area contributed by atoms with E-state index in [0.29, 0.717) is 6.04 Å². The van der Waals surface area contributed by atoms with Gasteiger partial charge in [0.05, 0.1) is 13.2 Å². The Labute approximate surface area is 120 Å². The van der Waals surface area contributed by atoms with Crippen molar-refractivity contribution in [3.63, 3.8) is 0 Å². The zero-order valence-electron chi connectivity index (χ0n) is 12.1. The van der Waals surface area contributed by atoms with Gasteiger partial charge < -0.3 is 15.0 Å². The van der Waals surface area contributed by atoms with E-state index in [2.05, 4.69) is 46.4 Å². The van der Waals surface area contributed by atoms with E-state index in [-0.39, 0.29) is 0 Å². The van der Waals surface area contributed by atoms with Gasteiger partial charge in [-0.3, -0.25) is 4.90 Å². The normalized spacial score (nSPS) is 18.4. The Balaban J connectivity index is 1.53. The van der Waals surface area contributed by atoms with Crippen LogP contribution < -0.4 is 5.32 Å². The Morgan fingerprint density at radius 1 is 1.30 bits per heavy atom. The number of aromatic nitrogens is 1. The van der Waals surface area contributed by atoms with E-state index in [1.54, 1.807) is 0 Å². The molecule has 4 nitrogen and oxygen atoms in total. The molecule has 108 valence electrons. The van der Waals surface area contributed by atoms with Crippen LogP contribution >= 0.6 is 0 Å². The molecule has 1 aliphatic heterocycles. The number of hydrogen-bond acceptors (Lipinski definition) is 3. The van der Waals surface area contributed by atoms with Crippen molar-refractivity contribution < 1.29 is 4.74 Å². The number of fused-ring (bicyclic) bond motifs is 1. The van der Waals surface area contributed by atoms with Gasteiger partial charge in [-0.05, 0) is 24.6 Å².